The first-order valence-electron chi connectivity index (χ1n) is 8.48. The van der Waals surface area contributed by atoms with Crippen molar-refractivity contribution >= 4 is 17.7 Å². The third-order valence-corrected chi connectivity index (χ3v) is 3.56. The molecule has 1 amide bonds. The Labute approximate surface area is 161 Å². The van der Waals surface area contributed by atoms with Gasteiger partial charge in [-0.15, -0.1) is 0 Å². The van der Waals surface area contributed by atoms with E-state index in [4.69, 9.17) is 4.74 Å². The van der Waals surface area contributed by atoms with Crippen molar-refractivity contribution in [3.8, 4) is 11.3 Å². The third-order valence-electron chi connectivity index (χ3n) is 3.56. The van der Waals surface area contributed by atoms with E-state index in [0.29, 0.717) is 17.0 Å². The number of nitro benzene ring substituents is 1. The summed E-state index contributed by atoms with van der Waals surface area (Å²) < 4.78 is 5.09. The van der Waals surface area contributed by atoms with Gasteiger partial charge < -0.3 is 15.2 Å². The van der Waals surface area contributed by atoms with E-state index >= 15 is 0 Å². The molecule has 1 atom stereocenters. The Bertz CT molecular complexity index is 891. The van der Waals surface area contributed by atoms with Crippen molar-refractivity contribution in [2.24, 2.45) is 0 Å². The lowest BCUT2D eigenvalue weighted by molar-refractivity contribution is -0.384. The normalized spacial score (nSPS) is 12.1. The summed E-state index contributed by atoms with van der Waals surface area (Å²) in [5, 5.41) is 22.6. The summed E-state index contributed by atoms with van der Waals surface area (Å²) in [6.07, 6.45) is -0.910. The highest BCUT2D eigenvalue weighted by Crippen LogP contribution is 2.22. The van der Waals surface area contributed by atoms with Crippen LogP contribution >= 0.6 is 0 Å². The van der Waals surface area contributed by atoms with Gasteiger partial charge in [-0.25, -0.2) is 9.59 Å². The summed E-state index contributed by atoms with van der Waals surface area (Å²) in [5.41, 5.74) is 0.575. The molecule has 1 heterocycles. The van der Waals surface area contributed by atoms with Crippen LogP contribution in [-0.2, 0) is 16.0 Å². The molecule has 0 saturated heterocycles. The fourth-order valence-corrected chi connectivity index (χ4v) is 2.39. The number of alkyl carbamates (subject to hydrolysis) is 1. The van der Waals surface area contributed by atoms with Crippen molar-refractivity contribution in [2.45, 2.75) is 38.8 Å². The molecule has 2 N–H and O–H groups in total. The van der Waals surface area contributed by atoms with Crippen molar-refractivity contribution in [3.05, 3.63) is 58.3 Å². The van der Waals surface area contributed by atoms with Crippen molar-refractivity contribution in [3.63, 3.8) is 0 Å². The summed E-state index contributed by atoms with van der Waals surface area (Å²) in [5.74, 6) is -1.23. The molecule has 1 aromatic heterocycles. The molecule has 1 unspecified atom stereocenters. The summed E-state index contributed by atoms with van der Waals surface area (Å²) in [4.78, 5) is 38.2. The maximum absolute atomic E-state index is 11.9. The van der Waals surface area contributed by atoms with Crippen LogP contribution in [-0.4, -0.2) is 38.7 Å². The average Bonchev–Trinajstić information content (AvgIpc) is 2.60. The van der Waals surface area contributed by atoms with Crippen LogP contribution in [0.1, 0.15) is 26.5 Å². The van der Waals surface area contributed by atoms with E-state index in [1.807, 2.05) is 0 Å². The zero-order chi connectivity index (χ0) is 20.9. The van der Waals surface area contributed by atoms with Crippen molar-refractivity contribution in [1.29, 1.82) is 0 Å². The summed E-state index contributed by atoms with van der Waals surface area (Å²) >= 11 is 0. The van der Waals surface area contributed by atoms with Crippen LogP contribution in [0.5, 0.6) is 0 Å². The molecular weight excluding hydrogens is 366 g/mol. The molecule has 148 valence electrons. The summed E-state index contributed by atoms with van der Waals surface area (Å²) in [7, 11) is 0. The molecule has 0 aliphatic rings. The third kappa shape index (κ3) is 6.04. The van der Waals surface area contributed by atoms with Crippen molar-refractivity contribution in [1.82, 2.24) is 10.3 Å². The lowest BCUT2D eigenvalue weighted by Crippen LogP contribution is -2.44. The number of benzene rings is 1. The quantitative estimate of drug-likeness (QED) is 0.575. The van der Waals surface area contributed by atoms with E-state index in [2.05, 4.69) is 10.3 Å². The van der Waals surface area contributed by atoms with Gasteiger partial charge in [0.05, 0.1) is 10.6 Å². The van der Waals surface area contributed by atoms with Gasteiger partial charge in [0.15, 0.2) is 0 Å². The monoisotopic (exact) mass is 387 g/mol. The molecule has 0 aliphatic carbocycles. The minimum atomic E-state index is -1.23. The predicted octanol–water partition coefficient (Wildman–Crippen LogP) is 3.18. The van der Waals surface area contributed by atoms with E-state index in [0.717, 1.165) is 0 Å². The Kier molecular flexibility index (Phi) is 6.29. The van der Waals surface area contributed by atoms with E-state index in [9.17, 15) is 24.8 Å². The SMILES string of the molecule is CC(C)(C)OC(=O)NC(Cc1cccc(-c2cccc([N+](=O)[O-])c2)n1)C(=O)O. The molecular formula is C19H21N3O6. The fraction of sp³-hybridized carbons (Fsp3) is 0.316. The van der Waals surface area contributed by atoms with E-state index in [-0.39, 0.29) is 12.1 Å². The standard InChI is InChI=1S/C19H21N3O6/c1-19(2,3)28-18(25)21-16(17(23)24)11-13-7-5-9-15(20-13)12-6-4-8-14(10-12)22(26)27/h4-10,16H,11H2,1-3H3,(H,21,25)(H,23,24). The summed E-state index contributed by atoms with van der Waals surface area (Å²) in [6, 6.07) is 9.70. The topological polar surface area (TPSA) is 132 Å². The van der Waals surface area contributed by atoms with Gasteiger partial charge in [-0.1, -0.05) is 18.2 Å². The number of pyridine rings is 1. The first-order valence-corrected chi connectivity index (χ1v) is 8.48. The van der Waals surface area contributed by atoms with Crippen LogP contribution in [0.15, 0.2) is 42.5 Å². The minimum Gasteiger partial charge on any atom is -0.480 e. The number of hydrogen-bond donors (Lipinski definition) is 2. The second kappa shape index (κ2) is 8.47. The Hall–Kier alpha value is -3.49. The van der Waals surface area contributed by atoms with Gasteiger partial charge in [-0.2, -0.15) is 0 Å². The molecule has 0 radical (unpaired) electrons. The lowest BCUT2D eigenvalue weighted by atomic mass is 10.1. The van der Waals surface area contributed by atoms with Gasteiger partial charge in [0.25, 0.3) is 5.69 Å². The van der Waals surface area contributed by atoms with Gasteiger partial charge in [-0.3, -0.25) is 15.1 Å². The number of nitrogens with zero attached hydrogens (tertiary/aromatic N) is 2. The van der Waals surface area contributed by atoms with E-state index in [1.165, 1.54) is 12.1 Å². The molecule has 1 aromatic carbocycles. The maximum Gasteiger partial charge on any atom is 0.408 e. The number of nitro groups is 1. The van der Waals surface area contributed by atoms with Crippen LogP contribution < -0.4 is 5.32 Å². The molecule has 0 fully saturated rings. The Balaban J connectivity index is 2.20. The molecule has 9 nitrogen and oxygen atoms in total. The maximum atomic E-state index is 11.9. The zero-order valence-electron chi connectivity index (χ0n) is 15.7. The number of aliphatic carboxylic acids is 1. The molecule has 0 spiro atoms. The molecule has 28 heavy (non-hydrogen) atoms. The molecule has 0 aliphatic heterocycles. The van der Waals surface area contributed by atoms with Crippen LogP contribution in [0.2, 0.25) is 0 Å². The number of non-ortho nitro benzene ring substituents is 1. The van der Waals surface area contributed by atoms with Crippen LogP contribution in [0.25, 0.3) is 11.3 Å². The molecule has 2 rings (SSSR count). The van der Waals surface area contributed by atoms with Gasteiger partial charge in [-0.05, 0) is 32.9 Å². The van der Waals surface area contributed by atoms with Crippen LogP contribution in [0.3, 0.4) is 0 Å². The highest BCUT2D eigenvalue weighted by molar-refractivity contribution is 5.80. The van der Waals surface area contributed by atoms with Crippen LogP contribution in [0.4, 0.5) is 10.5 Å². The molecule has 0 saturated carbocycles. The Morgan fingerprint density at radius 2 is 1.93 bits per heavy atom. The Morgan fingerprint density at radius 1 is 1.25 bits per heavy atom. The molecule has 9 heteroatoms. The van der Waals surface area contributed by atoms with E-state index < -0.39 is 28.6 Å². The van der Waals surface area contributed by atoms with E-state index in [1.54, 1.807) is 51.1 Å². The second-order valence-corrected chi connectivity index (χ2v) is 7.06. The number of ether oxygens (including phenoxy) is 1. The number of nitrogens with one attached hydrogen (secondary N) is 1. The minimum absolute atomic E-state index is 0.0697. The smallest absolute Gasteiger partial charge is 0.408 e. The van der Waals surface area contributed by atoms with Gasteiger partial charge >= 0.3 is 12.1 Å². The lowest BCUT2D eigenvalue weighted by Gasteiger charge is -2.22. The number of carbonyl (C=O) groups is 2. The number of rotatable bonds is 6. The second-order valence-electron chi connectivity index (χ2n) is 7.06. The average molecular weight is 387 g/mol. The van der Waals surface area contributed by atoms with Gasteiger partial charge in [0, 0.05) is 29.8 Å². The number of hydrogen-bond acceptors (Lipinski definition) is 6. The number of carboxylic acid groups (broad SMARTS) is 1. The first kappa shape index (κ1) is 20.8. The first-order chi connectivity index (χ1) is 13.0. The number of aromatic nitrogens is 1. The highest BCUT2D eigenvalue weighted by Gasteiger charge is 2.24. The molecule has 0 bridgehead atoms. The van der Waals surface area contributed by atoms with Gasteiger partial charge in [0.2, 0.25) is 0 Å². The van der Waals surface area contributed by atoms with Crippen LogP contribution in [0, 0.1) is 10.1 Å². The molecule has 2 aromatic rings. The highest BCUT2D eigenvalue weighted by atomic mass is 16.6. The number of carboxylic acids is 1. The fourth-order valence-electron chi connectivity index (χ4n) is 2.39. The number of carbonyl (C=O) groups excluding carboxylic acids is 1. The largest absolute Gasteiger partial charge is 0.480 e. The Morgan fingerprint density at radius 3 is 2.54 bits per heavy atom. The predicted molar refractivity (Wildman–Crippen MR) is 101 cm³/mol. The zero-order valence-corrected chi connectivity index (χ0v) is 15.7. The van der Waals surface area contributed by atoms with Crippen molar-refractivity contribution in [2.75, 3.05) is 0 Å². The van der Waals surface area contributed by atoms with Gasteiger partial charge in [0.1, 0.15) is 11.6 Å². The van der Waals surface area contributed by atoms with Crippen molar-refractivity contribution < 1.29 is 24.4 Å². The number of amides is 1. The summed E-state index contributed by atoms with van der Waals surface area (Å²) in [6.45, 7) is 5.02.